The highest BCUT2D eigenvalue weighted by atomic mass is 16.4. The largest absolute Gasteiger partial charge is 0.481 e. The average molecular weight is 295 g/mol. The summed E-state index contributed by atoms with van der Waals surface area (Å²) >= 11 is 0. The summed E-state index contributed by atoms with van der Waals surface area (Å²) in [5.41, 5.74) is 0. The summed E-state index contributed by atoms with van der Waals surface area (Å²) in [5.74, 6) is -0.547. The van der Waals surface area contributed by atoms with E-state index < -0.39 is 11.9 Å². The summed E-state index contributed by atoms with van der Waals surface area (Å²) in [6, 6.07) is -0.0308. The molecule has 3 rings (SSSR count). The SMILES string of the molecule is CN(C(=O)NC1C2CCC(C2)C1C(=O)O)C1CCNCC1. The van der Waals surface area contributed by atoms with Crippen LogP contribution in [0.1, 0.15) is 32.1 Å². The molecule has 21 heavy (non-hydrogen) atoms. The van der Waals surface area contributed by atoms with Crippen molar-refractivity contribution in [3.05, 3.63) is 0 Å². The lowest BCUT2D eigenvalue weighted by molar-refractivity contribution is -0.144. The molecule has 0 aromatic carbocycles. The monoisotopic (exact) mass is 295 g/mol. The van der Waals surface area contributed by atoms with Gasteiger partial charge in [-0.05, 0) is 57.0 Å². The van der Waals surface area contributed by atoms with Gasteiger partial charge in [0.15, 0.2) is 0 Å². The van der Waals surface area contributed by atoms with Crippen LogP contribution in [0.4, 0.5) is 4.79 Å². The third-order valence-corrected chi connectivity index (χ3v) is 5.67. The molecule has 2 bridgehead atoms. The van der Waals surface area contributed by atoms with Crippen LogP contribution in [0.15, 0.2) is 0 Å². The molecule has 1 saturated heterocycles. The van der Waals surface area contributed by atoms with Crippen molar-refractivity contribution in [2.75, 3.05) is 20.1 Å². The van der Waals surface area contributed by atoms with Gasteiger partial charge >= 0.3 is 12.0 Å². The number of fused-ring (bicyclic) bond motifs is 2. The molecule has 2 saturated carbocycles. The van der Waals surface area contributed by atoms with Crippen LogP contribution in [0.3, 0.4) is 0 Å². The van der Waals surface area contributed by atoms with Crippen LogP contribution in [-0.4, -0.2) is 54.2 Å². The summed E-state index contributed by atoms with van der Waals surface area (Å²) in [4.78, 5) is 25.7. The van der Waals surface area contributed by atoms with E-state index in [0.717, 1.165) is 45.2 Å². The normalized spacial score (nSPS) is 35.7. The van der Waals surface area contributed by atoms with E-state index in [1.165, 1.54) is 0 Å². The first-order chi connectivity index (χ1) is 10.1. The molecule has 6 heteroatoms. The van der Waals surface area contributed by atoms with Gasteiger partial charge in [-0.25, -0.2) is 4.79 Å². The second-order valence-corrected chi connectivity index (χ2v) is 6.76. The average Bonchev–Trinajstić information content (AvgIpc) is 3.08. The fourth-order valence-electron chi connectivity index (χ4n) is 4.46. The molecule has 1 heterocycles. The zero-order valence-corrected chi connectivity index (χ0v) is 12.5. The molecule has 3 fully saturated rings. The van der Waals surface area contributed by atoms with Gasteiger partial charge in [0.05, 0.1) is 5.92 Å². The molecular weight excluding hydrogens is 270 g/mol. The molecule has 0 aromatic heterocycles. The first-order valence-corrected chi connectivity index (χ1v) is 8.04. The van der Waals surface area contributed by atoms with Gasteiger partial charge in [0, 0.05) is 19.1 Å². The van der Waals surface area contributed by atoms with Gasteiger partial charge in [-0.1, -0.05) is 0 Å². The van der Waals surface area contributed by atoms with Crippen molar-refractivity contribution < 1.29 is 14.7 Å². The molecular formula is C15H25N3O3. The predicted molar refractivity (Wildman–Crippen MR) is 77.9 cm³/mol. The van der Waals surface area contributed by atoms with E-state index in [9.17, 15) is 14.7 Å². The third kappa shape index (κ3) is 2.73. The van der Waals surface area contributed by atoms with Crippen LogP contribution in [0, 0.1) is 17.8 Å². The molecule has 0 spiro atoms. The number of nitrogens with one attached hydrogen (secondary N) is 2. The molecule has 4 unspecified atom stereocenters. The third-order valence-electron chi connectivity index (χ3n) is 5.67. The number of carboxylic acids is 1. The van der Waals surface area contributed by atoms with Crippen LogP contribution in [0.2, 0.25) is 0 Å². The molecule has 4 atom stereocenters. The van der Waals surface area contributed by atoms with Crippen molar-refractivity contribution in [3.63, 3.8) is 0 Å². The van der Waals surface area contributed by atoms with E-state index in [4.69, 9.17) is 0 Å². The van der Waals surface area contributed by atoms with E-state index in [1.54, 1.807) is 4.90 Å². The van der Waals surface area contributed by atoms with Crippen molar-refractivity contribution in [2.24, 2.45) is 17.8 Å². The number of urea groups is 1. The number of piperidine rings is 1. The number of carbonyl (C=O) groups is 2. The smallest absolute Gasteiger partial charge is 0.317 e. The number of carboxylic acid groups (broad SMARTS) is 1. The fraction of sp³-hybridized carbons (Fsp3) is 0.867. The second-order valence-electron chi connectivity index (χ2n) is 6.76. The van der Waals surface area contributed by atoms with Crippen LogP contribution in [-0.2, 0) is 4.79 Å². The number of aliphatic carboxylic acids is 1. The Hall–Kier alpha value is -1.30. The lowest BCUT2D eigenvalue weighted by atomic mass is 9.84. The molecule has 2 aliphatic carbocycles. The molecule has 6 nitrogen and oxygen atoms in total. The topological polar surface area (TPSA) is 81.7 Å². The van der Waals surface area contributed by atoms with E-state index in [2.05, 4.69) is 10.6 Å². The maximum Gasteiger partial charge on any atom is 0.317 e. The molecule has 1 aliphatic heterocycles. The number of amides is 2. The Kier molecular flexibility index (Phi) is 4.06. The van der Waals surface area contributed by atoms with Crippen LogP contribution < -0.4 is 10.6 Å². The van der Waals surface area contributed by atoms with Crippen molar-refractivity contribution in [1.29, 1.82) is 0 Å². The summed E-state index contributed by atoms with van der Waals surface area (Å²) in [7, 11) is 1.83. The van der Waals surface area contributed by atoms with Crippen LogP contribution in [0.5, 0.6) is 0 Å². The van der Waals surface area contributed by atoms with Gasteiger partial charge in [-0.15, -0.1) is 0 Å². The maximum atomic E-state index is 12.4. The van der Waals surface area contributed by atoms with Gasteiger partial charge in [0.25, 0.3) is 0 Å². The molecule has 0 radical (unpaired) electrons. The number of nitrogens with zero attached hydrogens (tertiary/aromatic N) is 1. The molecule has 3 N–H and O–H groups in total. The lowest BCUT2D eigenvalue weighted by Crippen LogP contribution is -2.54. The van der Waals surface area contributed by atoms with Gasteiger partial charge in [-0.3, -0.25) is 4.79 Å². The van der Waals surface area contributed by atoms with Crippen molar-refractivity contribution in [3.8, 4) is 0 Å². The van der Waals surface area contributed by atoms with E-state index in [-0.39, 0.29) is 24.0 Å². The van der Waals surface area contributed by atoms with Crippen LogP contribution in [0.25, 0.3) is 0 Å². The highest BCUT2D eigenvalue weighted by Crippen LogP contribution is 2.48. The Labute approximate surface area is 125 Å². The van der Waals surface area contributed by atoms with Crippen molar-refractivity contribution in [1.82, 2.24) is 15.5 Å². The minimum Gasteiger partial charge on any atom is -0.481 e. The van der Waals surface area contributed by atoms with E-state index >= 15 is 0 Å². The van der Waals surface area contributed by atoms with Crippen molar-refractivity contribution in [2.45, 2.75) is 44.2 Å². The zero-order valence-electron chi connectivity index (χ0n) is 12.5. The summed E-state index contributed by atoms with van der Waals surface area (Å²) < 4.78 is 0. The quantitative estimate of drug-likeness (QED) is 0.722. The van der Waals surface area contributed by atoms with E-state index in [1.807, 2.05) is 7.05 Å². The minimum absolute atomic E-state index is 0.106. The highest BCUT2D eigenvalue weighted by Gasteiger charge is 2.51. The summed E-state index contributed by atoms with van der Waals surface area (Å²) in [6.07, 6.45) is 4.93. The van der Waals surface area contributed by atoms with E-state index in [0.29, 0.717) is 5.92 Å². The maximum absolute atomic E-state index is 12.4. The standard InChI is InChI=1S/C15H25N3O3/c1-18(11-4-6-16-7-5-11)15(21)17-13-10-3-2-9(8-10)12(13)14(19)20/h9-13,16H,2-8H2,1H3,(H,17,21)(H,19,20). The highest BCUT2D eigenvalue weighted by molar-refractivity contribution is 5.77. The number of hydrogen-bond donors (Lipinski definition) is 3. The van der Waals surface area contributed by atoms with Gasteiger partial charge < -0.3 is 20.6 Å². The Morgan fingerprint density at radius 2 is 1.81 bits per heavy atom. The minimum atomic E-state index is -0.753. The molecule has 118 valence electrons. The Balaban J connectivity index is 1.62. The number of carbonyl (C=O) groups excluding carboxylic acids is 1. The summed E-state index contributed by atoms with van der Waals surface area (Å²) in [6.45, 7) is 1.88. The summed E-state index contributed by atoms with van der Waals surface area (Å²) in [5, 5.41) is 15.7. The fourth-order valence-corrected chi connectivity index (χ4v) is 4.46. The first kappa shape index (κ1) is 14.6. The Morgan fingerprint density at radius 1 is 1.14 bits per heavy atom. The first-order valence-electron chi connectivity index (χ1n) is 8.04. The Bertz CT molecular complexity index is 422. The van der Waals surface area contributed by atoms with Crippen LogP contribution >= 0.6 is 0 Å². The van der Waals surface area contributed by atoms with Gasteiger partial charge in [0.2, 0.25) is 0 Å². The van der Waals surface area contributed by atoms with Crippen molar-refractivity contribution >= 4 is 12.0 Å². The molecule has 3 aliphatic rings. The Morgan fingerprint density at radius 3 is 2.48 bits per heavy atom. The molecule has 0 aromatic rings. The number of hydrogen-bond acceptors (Lipinski definition) is 3. The lowest BCUT2D eigenvalue weighted by Gasteiger charge is -2.35. The van der Waals surface area contributed by atoms with Gasteiger partial charge in [0.1, 0.15) is 0 Å². The van der Waals surface area contributed by atoms with Gasteiger partial charge in [-0.2, -0.15) is 0 Å². The number of rotatable bonds is 3. The predicted octanol–water partition coefficient (Wildman–Crippen LogP) is 0.879. The zero-order chi connectivity index (χ0) is 15.0. The second kappa shape index (κ2) is 5.83. The molecule has 2 amide bonds.